The number of nitrogens with one attached hydrogen (secondary N) is 1. The van der Waals surface area contributed by atoms with Gasteiger partial charge in [0.15, 0.2) is 11.9 Å². The molecule has 1 aliphatic heterocycles. The topological polar surface area (TPSA) is 97.6 Å². The van der Waals surface area contributed by atoms with E-state index in [4.69, 9.17) is 16.3 Å². The number of piperazine rings is 1. The van der Waals surface area contributed by atoms with E-state index in [9.17, 15) is 14.9 Å². The summed E-state index contributed by atoms with van der Waals surface area (Å²) in [6.07, 6.45) is 2.52. The van der Waals surface area contributed by atoms with Crippen molar-refractivity contribution in [1.82, 2.24) is 15.2 Å². The third-order valence-corrected chi connectivity index (χ3v) is 4.60. The maximum absolute atomic E-state index is 13.0. The molecule has 1 amide bonds. The summed E-state index contributed by atoms with van der Waals surface area (Å²) in [6.45, 7) is 3.36. The molecule has 0 radical (unpaired) electrons. The number of amides is 1. The summed E-state index contributed by atoms with van der Waals surface area (Å²) in [4.78, 5) is 29.5. The highest BCUT2D eigenvalue weighted by molar-refractivity contribution is 6.30. The van der Waals surface area contributed by atoms with Gasteiger partial charge in [0, 0.05) is 43.1 Å². The first-order valence-corrected chi connectivity index (χ1v) is 8.87. The molecule has 1 aromatic carbocycles. The van der Waals surface area contributed by atoms with Crippen LogP contribution in [0.5, 0.6) is 5.75 Å². The average molecular weight is 391 g/mol. The predicted octanol–water partition coefficient (Wildman–Crippen LogP) is 2.58. The number of nitro benzene ring substituents is 1. The van der Waals surface area contributed by atoms with Gasteiger partial charge in [0.05, 0.1) is 11.0 Å². The smallest absolute Gasteiger partial charge is 0.312 e. The van der Waals surface area contributed by atoms with Crippen molar-refractivity contribution in [3.63, 3.8) is 0 Å². The van der Waals surface area contributed by atoms with Crippen molar-refractivity contribution in [2.45, 2.75) is 19.1 Å². The molecule has 142 valence electrons. The summed E-state index contributed by atoms with van der Waals surface area (Å²) in [5.41, 5.74) is 0.647. The van der Waals surface area contributed by atoms with Crippen LogP contribution < -0.4 is 10.1 Å². The molecule has 27 heavy (non-hydrogen) atoms. The van der Waals surface area contributed by atoms with Gasteiger partial charge in [-0.15, -0.1) is 0 Å². The molecule has 2 heterocycles. The molecular weight excluding hydrogens is 372 g/mol. The van der Waals surface area contributed by atoms with Gasteiger partial charge in [-0.3, -0.25) is 19.9 Å². The minimum atomic E-state index is -0.887. The van der Waals surface area contributed by atoms with Crippen LogP contribution in [0.1, 0.15) is 18.5 Å². The van der Waals surface area contributed by atoms with E-state index in [1.54, 1.807) is 24.2 Å². The second kappa shape index (κ2) is 8.32. The van der Waals surface area contributed by atoms with Crippen molar-refractivity contribution in [1.29, 1.82) is 0 Å². The molecule has 2 unspecified atom stereocenters. The largest absolute Gasteiger partial charge is 0.474 e. The molecule has 0 bridgehead atoms. The lowest BCUT2D eigenvalue weighted by Gasteiger charge is -2.37. The van der Waals surface area contributed by atoms with Crippen LogP contribution in [0.2, 0.25) is 5.02 Å². The van der Waals surface area contributed by atoms with Crippen molar-refractivity contribution in [2.24, 2.45) is 0 Å². The molecule has 1 aromatic heterocycles. The fourth-order valence-electron chi connectivity index (χ4n) is 3.05. The number of hydrogen-bond donors (Lipinski definition) is 1. The van der Waals surface area contributed by atoms with Gasteiger partial charge in [0.25, 0.3) is 5.91 Å². The third kappa shape index (κ3) is 4.35. The van der Waals surface area contributed by atoms with Crippen LogP contribution in [-0.2, 0) is 4.79 Å². The molecule has 1 fully saturated rings. The standard InChI is InChI=1S/C18H19ClN4O4/c1-12(27-17-5-4-14(19)9-15(17)23(25)26)18(24)22-8-7-21-11-16(22)13-3-2-6-20-10-13/h2-6,9-10,12,16,21H,7-8,11H2,1H3. The fraction of sp³-hybridized carbons (Fsp3) is 0.333. The molecule has 0 saturated carbocycles. The summed E-state index contributed by atoms with van der Waals surface area (Å²) in [6, 6.07) is 7.66. The van der Waals surface area contributed by atoms with E-state index >= 15 is 0 Å². The zero-order valence-electron chi connectivity index (χ0n) is 14.7. The van der Waals surface area contributed by atoms with Crippen LogP contribution in [0.4, 0.5) is 5.69 Å². The van der Waals surface area contributed by atoms with Gasteiger partial charge in [-0.2, -0.15) is 0 Å². The number of halogens is 1. The van der Waals surface area contributed by atoms with Crippen molar-refractivity contribution >= 4 is 23.2 Å². The highest BCUT2D eigenvalue weighted by Gasteiger charge is 2.32. The van der Waals surface area contributed by atoms with Gasteiger partial charge < -0.3 is 15.0 Å². The van der Waals surface area contributed by atoms with Crippen molar-refractivity contribution in [2.75, 3.05) is 19.6 Å². The number of benzene rings is 1. The normalized spacial score (nSPS) is 18.0. The fourth-order valence-corrected chi connectivity index (χ4v) is 3.21. The number of nitrogens with zero attached hydrogens (tertiary/aromatic N) is 3. The number of ether oxygens (including phenoxy) is 1. The number of rotatable bonds is 5. The van der Waals surface area contributed by atoms with Gasteiger partial charge >= 0.3 is 5.69 Å². The Morgan fingerprint density at radius 1 is 1.48 bits per heavy atom. The summed E-state index contributed by atoms with van der Waals surface area (Å²) < 4.78 is 5.63. The summed E-state index contributed by atoms with van der Waals surface area (Å²) in [5.74, 6) is -0.229. The first kappa shape index (κ1) is 19.1. The van der Waals surface area contributed by atoms with E-state index in [1.807, 2.05) is 12.1 Å². The maximum Gasteiger partial charge on any atom is 0.312 e. The van der Waals surface area contributed by atoms with Gasteiger partial charge in [-0.25, -0.2) is 0 Å². The lowest BCUT2D eigenvalue weighted by Crippen LogP contribution is -2.52. The van der Waals surface area contributed by atoms with Crippen molar-refractivity contribution < 1.29 is 14.5 Å². The van der Waals surface area contributed by atoms with E-state index < -0.39 is 11.0 Å². The van der Waals surface area contributed by atoms with Gasteiger partial charge in [0.2, 0.25) is 0 Å². The van der Waals surface area contributed by atoms with E-state index in [0.29, 0.717) is 19.6 Å². The van der Waals surface area contributed by atoms with Crippen LogP contribution in [-0.4, -0.2) is 46.5 Å². The lowest BCUT2D eigenvalue weighted by atomic mass is 10.0. The van der Waals surface area contributed by atoms with Crippen LogP contribution in [0.25, 0.3) is 0 Å². The molecule has 1 saturated heterocycles. The quantitative estimate of drug-likeness (QED) is 0.622. The number of nitro groups is 1. The second-order valence-corrected chi connectivity index (χ2v) is 6.60. The molecule has 9 heteroatoms. The molecule has 1 N–H and O–H groups in total. The third-order valence-electron chi connectivity index (χ3n) is 4.36. The van der Waals surface area contributed by atoms with E-state index in [0.717, 1.165) is 5.56 Å². The Labute approximate surface area is 161 Å². The Morgan fingerprint density at radius 3 is 3.00 bits per heavy atom. The highest BCUT2D eigenvalue weighted by Crippen LogP contribution is 2.31. The molecule has 0 aliphatic carbocycles. The Bertz CT molecular complexity index is 833. The minimum Gasteiger partial charge on any atom is -0.474 e. The van der Waals surface area contributed by atoms with Crippen LogP contribution in [0.3, 0.4) is 0 Å². The van der Waals surface area contributed by atoms with E-state index in [2.05, 4.69) is 10.3 Å². The first-order valence-electron chi connectivity index (χ1n) is 8.49. The number of aromatic nitrogens is 1. The second-order valence-electron chi connectivity index (χ2n) is 6.17. The van der Waals surface area contributed by atoms with Crippen LogP contribution >= 0.6 is 11.6 Å². The summed E-state index contributed by atoms with van der Waals surface area (Å²) in [5, 5.41) is 14.7. The van der Waals surface area contributed by atoms with Gasteiger partial charge in [-0.1, -0.05) is 17.7 Å². The van der Waals surface area contributed by atoms with Crippen LogP contribution in [0, 0.1) is 10.1 Å². The Kier molecular flexibility index (Phi) is 5.88. The number of carbonyl (C=O) groups excluding carboxylic acids is 1. The predicted molar refractivity (Wildman–Crippen MR) is 99.8 cm³/mol. The monoisotopic (exact) mass is 390 g/mol. The number of carbonyl (C=O) groups is 1. The van der Waals surface area contributed by atoms with Crippen LogP contribution in [0.15, 0.2) is 42.7 Å². The van der Waals surface area contributed by atoms with Crippen molar-refractivity contribution in [3.8, 4) is 5.75 Å². The van der Waals surface area contributed by atoms with E-state index in [1.165, 1.54) is 18.2 Å². The summed E-state index contributed by atoms with van der Waals surface area (Å²) in [7, 11) is 0. The SMILES string of the molecule is CC(Oc1ccc(Cl)cc1[N+](=O)[O-])C(=O)N1CCNCC1c1cccnc1. The Hall–Kier alpha value is -2.71. The molecule has 8 nitrogen and oxygen atoms in total. The molecule has 0 spiro atoms. The highest BCUT2D eigenvalue weighted by atomic mass is 35.5. The Morgan fingerprint density at radius 2 is 2.30 bits per heavy atom. The Balaban J connectivity index is 1.79. The van der Waals surface area contributed by atoms with Gasteiger partial charge in [-0.05, 0) is 30.7 Å². The molecule has 2 aromatic rings. The van der Waals surface area contributed by atoms with Crippen molar-refractivity contribution in [3.05, 3.63) is 63.4 Å². The zero-order chi connectivity index (χ0) is 19.4. The maximum atomic E-state index is 13.0. The molecular formula is C18H19ClN4O4. The first-order chi connectivity index (χ1) is 13.0. The van der Waals surface area contributed by atoms with E-state index in [-0.39, 0.29) is 28.4 Å². The lowest BCUT2D eigenvalue weighted by molar-refractivity contribution is -0.386. The number of pyridine rings is 1. The molecule has 1 aliphatic rings. The average Bonchev–Trinajstić information content (AvgIpc) is 2.69. The van der Waals surface area contributed by atoms with Gasteiger partial charge in [0.1, 0.15) is 0 Å². The molecule has 3 rings (SSSR count). The minimum absolute atomic E-state index is 0.0123. The number of hydrogen-bond acceptors (Lipinski definition) is 6. The molecule has 2 atom stereocenters. The summed E-state index contributed by atoms with van der Waals surface area (Å²) >= 11 is 5.82. The zero-order valence-corrected chi connectivity index (χ0v) is 15.4.